The number of aliphatic hydroxyl groups is 1. The molecule has 3 rings (SSSR count). The van der Waals surface area contributed by atoms with Crippen molar-refractivity contribution in [2.75, 3.05) is 26.2 Å². The molecule has 0 radical (unpaired) electrons. The number of benzene rings is 2. The molecule has 27 heavy (non-hydrogen) atoms. The van der Waals surface area contributed by atoms with Crippen LogP contribution in [0.25, 0.3) is 0 Å². The van der Waals surface area contributed by atoms with Crippen LogP contribution in [0.2, 0.25) is 0 Å². The van der Waals surface area contributed by atoms with Crippen molar-refractivity contribution < 1.29 is 9.84 Å². The highest BCUT2D eigenvalue weighted by molar-refractivity contribution is 5.85. The highest BCUT2D eigenvalue weighted by Gasteiger charge is 2.21. The highest BCUT2D eigenvalue weighted by Crippen LogP contribution is 2.22. The molecule has 1 saturated heterocycles. The van der Waals surface area contributed by atoms with Gasteiger partial charge in [0, 0.05) is 6.54 Å². The highest BCUT2D eigenvalue weighted by atomic mass is 35.5. The fraction of sp³-hybridized carbons (Fsp3) is 0.478. The molecule has 0 amide bonds. The summed E-state index contributed by atoms with van der Waals surface area (Å²) in [5.41, 5.74) is 3.73. The minimum atomic E-state index is -0.444. The molecule has 0 aromatic heterocycles. The number of rotatable bonds is 7. The molecule has 1 N–H and O–H groups in total. The van der Waals surface area contributed by atoms with Crippen molar-refractivity contribution in [3.05, 3.63) is 65.2 Å². The molecule has 1 fully saturated rings. The molecule has 3 nitrogen and oxygen atoms in total. The predicted molar refractivity (Wildman–Crippen MR) is 114 cm³/mol. The van der Waals surface area contributed by atoms with E-state index >= 15 is 0 Å². The molecule has 148 valence electrons. The number of aliphatic hydroxyl groups excluding tert-OH is 1. The molecular weight excluding hydrogens is 358 g/mol. The fourth-order valence-electron chi connectivity index (χ4n) is 3.72. The third-order valence-corrected chi connectivity index (χ3v) is 5.32. The molecular formula is C23H32ClNO2. The summed E-state index contributed by atoms with van der Waals surface area (Å²) in [5.74, 6) is 1.64. The van der Waals surface area contributed by atoms with Crippen molar-refractivity contribution in [1.82, 2.24) is 4.90 Å². The van der Waals surface area contributed by atoms with E-state index in [1.54, 1.807) is 0 Å². The van der Waals surface area contributed by atoms with E-state index < -0.39 is 6.10 Å². The first-order valence-corrected chi connectivity index (χ1v) is 9.74. The molecule has 2 aromatic rings. The van der Waals surface area contributed by atoms with Gasteiger partial charge in [-0.15, -0.1) is 12.4 Å². The zero-order chi connectivity index (χ0) is 18.4. The van der Waals surface area contributed by atoms with Crippen molar-refractivity contribution in [2.24, 2.45) is 5.92 Å². The minimum Gasteiger partial charge on any atom is -0.491 e. The maximum atomic E-state index is 10.4. The second kappa shape index (κ2) is 10.7. The van der Waals surface area contributed by atoms with Gasteiger partial charge in [-0.25, -0.2) is 0 Å². The molecule has 2 aromatic carbocycles. The lowest BCUT2D eigenvalue weighted by atomic mass is 9.90. The summed E-state index contributed by atoms with van der Waals surface area (Å²) in [5, 5.41) is 10.4. The lowest BCUT2D eigenvalue weighted by molar-refractivity contribution is 0.0548. The van der Waals surface area contributed by atoms with Gasteiger partial charge in [-0.05, 0) is 74.9 Å². The van der Waals surface area contributed by atoms with Crippen LogP contribution in [0.3, 0.4) is 0 Å². The predicted octanol–water partition coefficient (Wildman–Crippen LogP) is 4.42. The number of hydrogen-bond donors (Lipinski definition) is 1. The van der Waals surface area contributed by atoms with Gasteiger partial charge in [0.15, 0.2) is 0 Å². The van der Waals surface area contributed by atoms with Crippen molar-refractivity contribution >= 4 is 12.4 Å². The molecule has 1 unspecified atom stereocenters. The molecule has 0 aliphatic carbocycles. The second-order valence-corrected chi connectivity index (χ2v) is 7.67. The summed E-state index contributed by atoms with van der Waals surface area (Å²) in [6.45, 7) is 7.29. The number of β-amino-alcohol motifs (C(OH)–C–C–N with tert-alkyl or cyclic N) is 1. The Labute approximate surface area is 169 Å². The number of nitrogens with zero attached hydrogens (tertiary/aromatic N) is 1. The van der Waals surface area contributed by atoms with E-state index in [2.05, 4.69) is 54.3 Å². The van der Waals surface area contributed by atoms with Gasteiger partial charge >= 0.3 is 0 Å². The van der Waals surface area contributed by atoms with Gasteiger partial charge in [-0.1, -0.05) is 42.5 Å². The SMILES string of the molecule is Cc1ccc(C)c(OCC(O)CN2CCC(Cc3ccccc3)CC2)c1.Cl. The number of likely N-dealkylation sites (tertiary alicyclic amines) is 1. The Morgan fingerprint density at radius 2 is 1.78 bits per heavy atom. The van der Waals surface area contributed by atoms with Crippen LogP contribution in [0.15, 0.2) is 48.5 Å². The first-order chi connectivity index (χ1) is 12.6. The van der Waals surface area contributed by atoms with Gasteiger partial charge in [-0.2, -0.15) is 0 Å². The van der Waals surface area contributed by atoms with E-state index in [0.717, 1.165) is 30.3 Å². The van der Waals surface area contributed by atoms with Crippen LogP contribution in [0, 0.1) is 19.8 Å². The maximum absolute atomic E-state index is 10.4. The molecule has 1 aliphatic rings. The Balaban J connectivity index is 0.00000261. The van der Waals surface area contributed by atoms with Crippen molar-refractivity contribution in [1.29, 1.82) is 0 Å². The van der Waals surface area contributed by atoms with Gasteiger partial charge in [0.05, 0.1) is 0 Å². The third kappa shape index (κ3) is 6.84. The van der Waals surface area contributed by atoms with Gasteiger partial charge < -0.3 is 14.7 Å². The van der Waals surface area contributed by atoms with E-state index in [9.17, 15) is 5.11 Å². The Bertz CT molecular complexity index is 684. The van der Waals surface area contributed by atoms with Crippen LogP contribution in [-0.2, 0) is 6.42 Å². The first kappa shape index (κ1) is 21.7. The van der Waals surface area contributed by atoms with Gasteiger partial charge in [-0.3, -0.25) is 0 Å². The summed E-state index contributed by atoms with van der Waals surface area (Å²) in [6.07, 6.45) is 3.15. The number of ether oxygens (including phenoxy) is 1. The smallest absolute Gasteiger partial charge is 0.122 e. The lowest BCUT2D eigenvalue weighted by Gasteiger charge is -2.33. The lowest BCUT2D eigenvalue weighted by Crippen LogP contribution is -2.41. The van der Waals surface area contributed by atoms with Crippen LogP contribution < -0.4 is 4.74 Å². The Kier molecular flexibility index (Phi) is 8.62. The van der Waals surface area contributed by atoms with E-state index in [1.807, 2.05) is 13.0 Å². The van der Waals surface area contributed by atoms with Gasteiger partial charge in [0.2, 0.25) is 0 Å². The van der Waals surface area contributed by atoms with E-state index in [-0.39, 0.29) is 12.4 Å². The van der Waals surface area contributed by atoms with E-state index in [1.165, 1.54) is 30.4 Å². The Morgan fingerprint density at radius 1 is 1.07 bits per heavy atom. The summed E-state index contributed by atoms with van der Waals surface area (Å²) < 4.78 is 5.84. The van der Waals surface area contributed by atoms with Crippen molar-refractivity contribution in [2.45, 2.75) is 39.2 Å². The van der Waals surface area contributed by atoms with Crippen LogP contribution in [0.5, 0.6) is 5.75 Å². The van der Waals surface area contributed by atoms with E-state index in [4.69, 9.17) is 4.74 Å². The van der Waals surface area contributed by atoms with Crippen LogP contribution >= 0.6 is 12.4 Å². The summed E-state index contributed by atoms with van der Waals surface area (Å²) in [4.78, 5) is 2.37. The zero-order valence-electron chi connectivity index (χ0n) is 16.4. The van der Waals surface area contributed by atoms with Gasteiger partial charge in [0.1, 0.15) is 18.5 Å². The molecule has 1 atom stereocenters. The average Bonchev–Trinajstić information content (AvgIpc) is 2.65. The molecule has 1 heterocycles. The first-order valence-electron chi connectivity index (χ1n) is 9.74. The average molecular weight is 390 g/mol. The molecule has 4 heteroatoms. The Hall–Kier alpha value is -1.55. The molecule has 0 bridgehead atoms. The van der Waals surface area contributed by atoms with Crippen LogP contribution in [0.1, 0.15) is 29.5 Å². The summed E-state index contributed by atoms with van der Waals surface area (Å²) in [6, 6.07) is 17.0. The summed E-state index contributed by atoms with van der Waals surface area (Å²) in [7, 11) is 0. The van der Waals surface area contributed by atoms with Crippen molar-refractivity contribution in [3.63, 3.8) is 0 Å². The van der Waals surface area contributed by atoms with Crippen LogP contribution in [-0.4, -0.2) is 42.4 Å². The van der Waals surface area contributed by atoms with Crippen LogP contribution in [0.4, 0.5) is 0 Å². The minimum absolute atomic E-state index is 0. The Morgan fingerprint density at radius 3 is 2.48 bits per heavy atom. The topological polar surface area (TPSA) is 32.7 Å². The molecule has 1 aliphatic heterocycles. The molecule has 0 spiro atoms. The standard InChI is InChI=1S/C23H31NO2.ClH/c1-18-8-9-19(2)23(14-18)26-17-22(25)16-24-12-10-21(11-13-24)15-20-6-4-3-5-7-20;/h3-9,14,21-22,25H,10-13,15-17H2,1-2H3;1H. The largest absolute Gasteiger partial charge is 0.491 e. The van der Waals surface area contributed by atoms with Gasteiger partial charge in [0.25, 0.3) is 0 Å². The van der Waals surface area contributed by atoms with E-state index in [0.29, 0.717) is 13.2 Å². The number of halogens is 1. The number of aryl methyl sites for hydroxylation is 2. The third-order valence-electron chi connectivity index (χ3n) is 5.32. The number of piperidine rings is 1. The van der Waals surface area contributed by atoms with Crippen molar-refractivity contribution in [3.8, 4) is 5.75 Å². The fourth-order valence-corrected chi connectivity index (χ4v) is 3.72. The quantitative estimate of drug-likeness (QED) is 0.760. The second-order valence-electron chi connectivity index (χ2n) is 7.67. The number of hydrogen-bond acceptors (Lipinski definition) is 3. The zero-order valence-corrected chi connectivity index (χ0v) is 17.3. The molecule has 0 saturated carbocycles. The maximum Gasteiger partial charge on any atom is 0.122 e. The summed E-state index contributed by atoms with van der Waals surface area (Å²) >= 11 is 0. The monoisotopic (exact) mass is 389 g/mol. The normalized spacial score (nSPS) is 16.6.